The van der Waals surface area contributed by atoms with Crippen LogP contribution in [0.15, 0.2) is 35.3 Å². The summed E-state index contributed by atoms with van der Waals surface area (Å²) in [6, 6.07) is 10.3. The molecule has 1 fully saturated rings. The van der Waals surface area contributed by atoms with Crippen molar-refractivity contribution in [2.75, 3.05) is 33.4 Å². The molecule has 5 nitrogen and oxygen atoms in total. The summed E-state index contributed by atoms with van der Waals surface area (Å²) in [5.74, 6) is 0.784. The van der Waals surface area contributed by atoms with Crippen molar-refractivity contribution in [2.45, 2.75) is 45.1 Å². The summed E-state index contributed by atoms with van der Waals surface area (Å²) in [7, 11) is 1.77. The van der Waals surface area contributed by atoms with Crippen LogP contribution in [0.2, 0.25) is 0 Å². The Morgan fingerprint density at radius 3 is 2.72 bits per heavy atom. The van der Waals surface area contributed by atoms with Crippen molar-refractivity contribution in [3.8, 4) is 0 Å². The van der Waals surface area contributed by atoms with E-state index in [-0.39, 0.29) is 29.4 Å². The van der Waals surface area contributed by atoms with Gasteiger partial charge in [-0.3, -0.25) is 4.99 Å². The van der Waals surface area contributed by atoms with Gasteiger partial charge in [-0.1, -0.05) is 31.0 Å². The summed E-state index contributed by atoms with van der Waals surface area (Å²) >= 11 is 1.65. The lowest BCUT2D eigenvalue weighted by Crippen LogP contribution is -2.40. The second-order valence-electron chi connectivity index (χ2n) is 7.73. The predicted octanol–water partition coefficient (Wildman–Crippen LogP) is 4.70. The van der Waals surface area contributed by atoms with Crippen LogP contribution in [-0.4, -0.2) is 44.4 Å². The van der Waals surface area contributed by atoms with Crippen LogP contribution < -0.4 is 10.6 Å². The van der Waals surface area contributed by atoms with Crippen molar-refractivity contribution in [1.82, 2.24) is 10.6 Å². The maximum absolute atomic E-state index is 10.6. The topological polar surface area (TPSA) is 65.9 Å². The zero-order valence-corrected chi connectivity index (χ0v) is 20.6. The van der Waals surface area contributed by atoms with E-state index in [1.165, 1.54) is 35.8 Å². The third-order valence-electron chi connectivity index (χ3n) is 5.65. The van der Waals surface area contributed by atoms with Crippen LogP contribution in [0.4, 0.5) is 0 Å². The number of methoxy groups -OCH3 is 1. The lowest BCUT2D eigenvalue weighted by atomic mass is 9.83. The van der Waals surface area contributed by atoms with E-state index in [0.29, 0.717) is 6.54 Å². The second kappa shape index (κ2) is 12.1. The Kier molecular flexibility index (Phi) is 10.1. The monoisotopic (exact) mass is 531 g/mol. The van der Waals surface area contributed by atoms with Crippen molar-refractivity contribution >= 4 is 51.4 Å². The smallest absolute Gasteiger partial charge is 0.191 e. The minimum atomic E-state index is -0.546. The average molecular weight is 532 g/mol. The second-order valence-corrected chi connectivity index (χ2v) is 8.84. The van der Waals surface area contributed by atoms with Gasteiger partial charge in [0.25, 0.3) is 0 Å². The molecule has 0 radical (unpaired) electrons. The van der Waals surface area contributed by atoms with Gasteiger partial charge in [0, 0.05) is 42.9 Å². The molecule has 0 aliphatic heterocycles. The number of fused-ring (bicyclic) bond motifs is 1. The zero-order chi connectivity index (χ0) is 19.8. The van der Waals surface area contributed by atoms with Crippen molar-refractivity contribution < 1.29 is 9.84 Å². The molecule has 1 aromatic heterocycles. The Labute approximate surface area is 195 Å². The fraction of sp³-hybridized carbons (Fsp3) is 0.591. The Morgan fingerprint density at radius 1 is 1.28 bits per heavy atom. The molecule has 1 heterocycles. The highest BCUT2D eigenvalue weighted by Crippen LogP contribution is 2.41. The number of thiophene rings is 1. The molecule has 1 aliphatic rings. The number of benzene rings is 1. The van der Waals surface area contributed by atoms with E-state index >= 15 is 0 Å². The Balaban J connectivity index is 0.00000300. The van der Waals surface area contributed by atoms with E-state index in [2.05, 4.69) is 35.8 Å². The molecule has 0 saturated heterocycles. The predicted molar refractivity (Wildman–Crippen MR) is 134 cm³/mol. The average Bonchev–Trinajstić information content (AvgIpc) is 3.35. The van der Waals surface area contributed by atoms with Gasteiger partial charge in [0.1, 0.15) is 6.10 Å². The fourth-order valence-electron chi connectivity index (χ4n) is 3.98. The Morgan fingerprint density at radius 2 is 2.03 bits per heavy atom. The SMILES string of the molecule is CCNC(=NCC1(CCOC)CCCC1)NCC(O)c1cc2ccccc2s1.I. The van der Waals surface area contributed by atoms with E-state index in [0.717, 1.165) is 37.0 Å². The summed E-state index contributed by atoms with van der Waals surface area (Å²) in [6.07, 6.45) is 5.54. The Bertz CT molecular complexity index is 741. The number of guanidine groups is 1. The summed E-state index contributed by atoms with van der Waals surface area (Å²) in [4.78, 5) is 5.84. The van der Waals surface area contributed by atoms with Gasteiger partial charge in [0.15, 0.2) is 5.96 Å². The van der Waals surface area contributed by atoms with Gasteiger partial charge in [-0.2, -0.15) is 0 Å². The first-order valence-corrected chi connectivity index (χ1v) is 11.1. The first kappa shape index (κ1) is 24.4. The molecule has 29 heavy (non-hydrogen) atoms. The quantitative estimate of drug-likeness (QED) is 0.249. The maximum atomic E-state index is 10.6. The summed E-state index contributed by atoms with van der Waals surface area (Å²) < 4.78 is 6.53. The highest BCUT2D eigenvalue weighted by Gasteiger charge is 2.33. The van der Waals surface area contributed by atoms with Crippen molar-refractivity contribution in [1.29, 1.82) is 0 Å². The number of ether oxygens (including phenoxy) is 1. The largest absolute Gasteiger partial charge is 0.386 e. The fourth-order valence-corrected chi connectivity index (χ4v) is 5.03. The van der Waals surface area contributed by atoms with E-state index in [1.807, 2.05) is 12.1 Å². The van der Waals surface area contributed by atoms with Gasteiger partial charge in [-0.05, 0) is 49.1 Å². The summed E-state index contributed by atoms with van der Waals surface area (Å²) in [6.45, 7) is 4.92. The minimum Gasteiger partial charge on any atom is -0.386 e. The Hall–Kier alpha value is -0.900. The van der Waals surface area contributed by atoms with Crippen LogP contribution in [0.5, 0.6) is 0 Å². The highest BCUT2D eigenvalue weighted by molar-refractivity contribution is 14.0. The van der Waals surface area contributed by atoms with Crippen LogP contribution in [-0.2, 0) is 4.74 Å². The van der Waals surface area contributed by atoms with Crippen molar-refractivity contribution in [3.05, 3.63) is 35.2 Å². The van der Waals surface area contributed by atoms with Gasteiger partial charge in [0.05, 0.1) is 0 Å². The molecular formula is C22H34IN3O2S. The van der Waals surface area contributed by atoms with Gasteiger partial charge in [0.2, 0.25) is 0 Å². The van der Waals surface area contributed by atoms with Crippen molar-refractivity contribution in [3.63, 3.8) is 0 Å². The molecule has 3 N–H and O–H groups in total. The standard InChI is InChI=1S/C22H33N3O2S.HI/c1-3-23-21(25-16-22(12-13-27-2)10-6-7-11-22)24-15-18(26)20-14-17-8-4-5-9-19(17)28-20;/h4-5,8-9,14,18,26H,3,6-7,10-13,15-16H2,1-2H3,(H2,23,24,25);1H. The molecule has 0 spiro atoms. The third kappa shape index (κ3) is 6.80. The number of nitrogens with one attached hydrogen (secondary N) is 2. The van der Waals surface area contributed by atoms with Crippen LogP contribution in [0.25, 0.3) is 10.1 Å². The van der Waals surface area contributed by atoms with Crippen LogP contribution >= 0.6 is 35.3 Å². The number of hydrogen-bond donors (Lipinski definition) is 3. The van der Waals surface area contributed by atoms with Gasteiger partial charge < -0.3 is 20.5 Å². The number of hydrogen-bond acceptors (Lipinski definition) is 4. The number of aliphatic hydroxyl groups is 1. The van der Waals surface area contributed by atoms with Crippen LogP contribution in [0, 0.1) is 5.41 Å². The number of halogens is 1. The maximum Gasteiger partial charge on any atom is 0.191 e. The molecular weight excluding hydrogens is 497 g/mol. The molecule has 2 aromatic rings. The number of aliphatic hydroxyl groups excluding tert-OH is 1. The molecule has 0 amide bonds. The molecule has 1 atom stereocenters. The molecule has 1 unspecified atom stereocenters. The summed E-state index contributed by atoms with van der Waals surface area (Å²) in [5.41, 5.74) is 0.266. The van der Waals surface area contributed by atoms with E-state index < -0.39 is 6.10 Å². The lowest BCUT2D eigenvalue weighted by molar-refractivity contribution is 0.141. The van der Waals surface area contributed by atoms with Crippen molar-refractivity contribution in [2.24, 2.45) is 10.4 Å². The molecule has 1 aliphatic carbocycles. The normalized spacial score (nSPS) is 17.1. The highest BCUT2D eigenvalue weighted by atomic mass is 127. The minimum absolute atomic E-state index is 0. The van der Waals surface area contributed by atoms with Gasteiger partial charge >= 0.3 is 0 Å². The molecule has 3 rings (SSSR count). The van der Waals surface area contributed by atoms with Gasteiger partial charge in [-0.15, -0.1) is 35.3 Å². The first-order valence-electron chi connectivity index (χ1n) is 10.3. The first-order chi connectivity index (χ1) is 13.7. The molecule has 1 aromatic carbocycles. The van der Waals surface area contributed by atoms with E-state index in [1.54, 1.807) is 18.4 Å². The van der Waals surface area contributed by atoms with E-state index in [4.69, 9.17) is 9.73 Å². The van der Waals surface area contributed by atoms with E-state index in [9.17, 15) is 5.11 Å². The lowest BCUT2D eigenvalue weighted by Gasteiger charge is -2.27. The zero-order valence-electron chi connectivity index (χ0n) is 17.4. The molecule has 162 valence electrons. The third-order valence-corrected chi connectivity index (χ3v) is 6.87. The number of rotatable bonds is 9. The summed E-state index contributed by atoms with van der Waals surface area (Å²) in [5, 5.41) is 18.5. The molecule has 7 heteroatoms. The molecule has 1 saturated carbocycles. The number of aliphatic imine (C=N–C) groups is 1. The van der Waals surface area contributed by atoms with Gasteiger partial charge in [-0.25, -0.2) is 0 Å². The molecule has 0 bridgehead atoms. The van der Waals surface area contributed by atoms with Crippen LogP contribution in [0.1, 0.15) is 50.0 Å². The number of nitrogens with zero attached hydrogens (tertiary/aromatic N) is 1. The van der Waals surface area contributed by atoms with Crippen LogP contribution in [0.3, 0.4) is 0 Å².